The molecular weight excluding hydrogens is 554 g/mol. The number of hydrogen-bond donors (Lipinski definition) is 2. The third-order valence-corrected chi connectivity index (χ3v) is 12.0. The molecule has 2 fully saturated rings. The second kappa shape index (κ2) is 11.1. The molecule has 12 heteroatoms. The van der Waals surface area contributed by atoms with Crippen LogP contribution in [0.5, 0.6) is 5.75 Å². The van der Waals surface area contributed by atoms with Crippen LogP contribution in [0.4, 0.5) is 0 Å². The smallest absolute Gasteiger partial charge is 0.265 e. The van der Waals surface area contributed by atoms with Gasteiger partial charge in [-0.2, -0.15) is 0 Å². The summed E-state index contributed by atoms with van der Waals surface area (Å²) in [6, 6.07) is 12.4. The number of hydrogen-bond acceptors (Lipinski definition) is 9. The molecule has 0 atom stereocenters. The van der Waals surface area contributed by atoms with Crippen molar-refractivity contribution in [3.05, 3.63) is 47.5 Å². The number of nitrogens with one attached hydrogen (secondary N) is 1. The molecule has 2 N–H and O–H groups in total. The van der Waals surface area contributed by atoms with Crippen LogP contribution in [0.25, 0.3) is 10.2 Å². The summed E-state index contributed by atoms with van der Waals surface area (Å²) in [5.74, 6) is 0.524. The number of thioether (sulfide) groups is 1. The molecule has 0 bridgehead atoms. The van der Waals surface area contributed by atoms with Crippen LogP contribution in [0.3, 0.4) is 0 Å². The number of rotatable bonds is 10. The fourth-order valence-corrected chi connectivity index (χ4v) is 8.85. The first kappa shape index (κ1) is 26.7. The Hall–Kier alpha value is -1.89. The van der Waals surface area contributed by atoms with Crippen molar-refractivity contribution in [2.45, 2.75) is 52.1 Å². The first-order valence-corrected chi connectivity index (χ1v) is 15.8. The van der Waals surface area contributed by atoms with E-state index in [-0.39, 0.29) is 17.7 Å². The minimum absolute atomic E-state index is 0.0508. The van der Waals surface area contributed by atoms with Crippen molar-refractivity contribution in [1.29, 1.82) is 0 Å². The topological polar surface area (TPSA) is 109 Å². The number of amides is 1. The highest BCUT2D eigenvalue weighted by molar-refractivity contribution is 8.01. The SMILES string of the molecule is O=C(NO)C1(S(=O)(=O)c2ccc(OCCCSc3nc4cc(Cl)ccc4s3)cc2)CCN(C2CC2)CC1. The van der Waals surface area contributed by atoms with Crippen LogP contribution in [0, 0.1) is 0 Å². The zero-order valence-electron chi connectivity index (χ0n) is 20.1. The molecule has 37 heavy (non-hydrogen) atoms. The summed E-state index contributed by atoms with van der Waals surface area (Å²) in [7, 11) is -4.03. The largest absolute Gasteiger partial charge is 0.494 e. The lowest BCUT2D eigenvalue weighted by atomic mass is 9.94. The van der Waals surface area contributed by atoms with Crippen LogP contribution >= 0.6 is 34.7 Å². The van der Waals surface area contributed by atoms with Crippen molar-refractivity contribution in [2.75, 3.05) is 25.4 Å². The summed E-state index contributed by atoms with van der Waals surface area (Å²) in [4.78, 5) is 19.5. The number of hydroxylamine groups is 1. The number of ether oxygens (including phenoxy) is 1. The summed E-state index contributed by atoms with van der Waals surface area (Å²) < 4.78 is 33.4. The van der Waals surface area contributed by atoms with Gasteiger partial charge in [0.25, 0.3) is 5.91 Å². The summed E-state index contributed by atoms with van der Waals surface area (Å²) >= 11 is 9.32. The van der Waals surface area contributed by atoms with Gasteiger partial charge in [-0.1, -0.05) is 23.4 Å². The van der Waals surface area contributed by atoms with Gasteiger partial charge in [-0.25, -0.2) is 18.9 Å². The van der Waals surface area contributed by atoms with Gasteiger partial charge in [0.1, 0.15) is 5.75 Å². The van der Waals surface area contributed by atoms with Crippen LogP contribution in [-0.4, -0.2) is 65.7 Å². The number of sulfone groups is 1. The Bertz CT molecular complexity index is 1370. The van der Waals surface area contributed by atoms with E-state index < -0.39 is 20.5 Å². The van der Waals surface area contributed by atoms with E-state index in [4.69, 9.17) is 16.3 Å². The van der Waals surface area contributed by atoms with E-state index >= 15 is 0 Å². The average Bonchev–Trinajstić information content (AvgIpc) is 3.68. The van der Waals surface area contributed by atoms with Gasteiger partial charge >= 0.3 is 0 Å². The van der Waals surface area contributed by atoms with Gasteiger partial charge in [0.05, 0.1) is 21.7 Å². The first-order chi connectivity index (χ1) is 17.8. The molecule has 3 aromatic rings. The van der Waals surface area contributed by atoms with Crippen LogP contribution in [0.2, 0.25) is 5.02 Å². The molecule has 1 amide bonds. The minimum Gasteiger partial charge on any atom is -0.494 e. The molecule has 1 aliphatic carbocycles. The molecule has 5 rings (SSSR count). The second-order valence-electron chi connectivity index (χ2n) is 9.32. The van der Waals surface area contributed by atoms with Crippen LogP contribution in [0.15, 0.2) is 51.7 Å². The third-order valence-electron chi connectivity index (χ3n) is 6.95. The summed E-state index contributed by atoms with van der Waals surface area (Å²) in [6.45, 7) is 1.51. The molecule has 2 aliphatic rings. The lowest BCUT2D eigenvalue weighted by molar-refractivity contribution is -0.133. The van der Waals surface area contributed by atoms with E-state index in [1.54, 1.807) is 40.7 Å². The van der Waals surface area contributed by atoms with Gasteiger partial charge in [-0.15, -0.1) is 11.3 Å². The molecule has 198 valence electrons. The highest BCUT2D eigenvalue weighted by Crippen LogP contribution is 2.39. The zero-order valence-corrected chi connectivity index (χ0v) is 23.3. The number of carbonyl (C=O) groups excluding carboxylic acids is 1. The average molecular weight is 582 g/mol. The number of fused-ring (bicyclic) bond motifs is 1. The predicted molar refractivity (Wildman–Crippen MR) is 146 cm³/mol. The Morgan fingerprint density at radius 3 is 2.62 bits per heavy atom. The molecule has 1 aliphatic heterocycles. The van der Waals surface area contributed by atoms with Crippen molar-refractivity contribution in [2.24, 2.45) is 0 Å². The van der Waals surface area contributed by atoms with Crippen molar-refractivity contribution in [1.82, 2.24) is 15.4 Å². The van der Waals surface area contributed by atoms with Crippen LogP contribution in [-0.2, 0) is 14.6 Å². The van der Waals surface area contributed by atoms with E-state index in [2.05, 4.69) is 9.88 Å². The molecule has 1 saturated heterocycles. The number of likely N-dealkylation sites (tertiary alicyclic amines) is 1. The standard InChI is InChI=1S/C25H28ClN3O5S3/c26-17-2-9-22-21(16-17)27-24(36-22)35-15-1-14-34-19-5-7-20(8-6-19)37(32,33)25(23(30)28-31)10-12-29(13-11-25)18-3-4-18/h2,5-9,16,18,31H,1,3-4,10-15H2,(H,28,30). The van der Waals surface area contributed by atoms with Crippen molar-refractivity contribution in [3.63, 3.8) is 0 Å². The van der Waals surface area contributed by atoms with E-state index in [0.29, 0.717) is 36.5 Å². The maximum Gasteiger partial charge on any atom is 0.265 e. The van der Waals surface area contributed by atoms with E-state index in [0.717, 1.165) is 39.6 Å². The first-order valence-electron chi connectivity index (χ1n) is 12.2. The number of nitrogens with zero attached hydrogens (tertiary/aromatic N) is 2. The molecular formula is C25H28ClN3O5S3. The molecule has 8 nitrogen and oxygen atoms in total. The summed E-state index contributed by atoms with van der Waals surface area (Å²) in [6.07, 6.45) is 3.32. The number of benzene rings is 2. The Kier molecular flexibility index (Phi) is 7.99. The molecule has 0 unspecified atom stereocenters. The van der Waals surface area contributed by atoms with Crippen molar-refractivity contribution < 1.29 is 23.2 Å². The van der Waals surface area contributed by atoms with Crippen molar-refractivity contribution >= 4 is 60.7 Å². The van der Waals surface area contributed by atoms with Gasteiger partial charge in [0.2, 0.25) is 0 Å². The fourth-order valence-electron chi connectivity index (χ4n) is 4.70. The Balaban J connectivity index is 1.16. The number of thiazole rings is 1. The summed E-state index contributed by atoms with van der Waals surface area (Å²) in [5, 5.41) is 10.0. The zero-order chi connectivity index (χ0) is 26.0. The van der Waals surface area contributed by atoms with Gasteiger partial charge < -0.3 is 9.64 Å². The number of aromatic nitrogens is 1. The van der Waals surface area contributed by atoms with E-state index in [1.807, 2.05) is 18.2 Å². The van der Waals surface area contributed by atoms with Crippen molar-refractivity contribution in [3.8, 4) is 5.75 Å². The number of piperidine rings is 1. The maximum absolute atomic E-state index is 13.6. The Morgan fingerprint density at radius 2 is 1.95 bits per heavy atom. The fraction of sp³-hybridized carbons (Fsp3) is 0.440. The minimum atomic E-state index is -4.03. The van der Waals surface area contributed by atoms with Gasteiger partial charge in [-0.3, -0.25) is 10.0 Å². The molecule has 0 radical (unpaired) electrons. The molecule has 2 aromatic carbocycles. The van der Waals surface area contributed by atoms with Gasteiger partial charge in [-0.05, 0) is 74.6 Å². The molecule has 0 spiro atoms. The lowest BCUT2D eigenvalue weighted by Crippen LogP contribution is -2.58. The maximum atomic E-state index is 13.6. The highest BCUT2D eigenvalue weighted by atomic mass is 35.5. The van der Waals surface area contributed by atoms with Crippen LogP contribution in [0.1, 0.15) is 32.1 Å². The van der Waals surface area contributed by atoms with Gasteiger partial charge in [0, 0.05) is 29.9 Å². The molecule has 1 aromatic heterocycles. The van der Waals surface area contributed by atoms with E-state index in [1.165, 1.54) is 12.1 Å². The Labute approximate surface area is 229 Å². The normalized spacial score (nSPS) is 18.1. The second-order valence-corrected chi connectivity index (χ2v) is 14.4. The quantitative estimate of drug-likeness (QED) is 0.152. The molecule has 2 heterocycles. The van der Waals surface area contributed by atoms with Crippen LogP contribution < -0.4 is 10.2 Å². The number of carbonyl (C=O) groups is 1. The molecule has 1 saturated carbocycles. The highest BCUT2D eigenvalue weighted by Gasteiger charge is 2.53. The Morgan fingerprint density at radius 1 is 1.22 bits per heavy atom. The number of halogens is 1. The summed E-state index contributed by atoms with van der Waals surface area (Å²) in [5.41, 5.74) is 2.51. The monoisotopic (exact) mass is 581 g/mol. The predicted octanol–water partition coefficient (Wildman–Crippen LogP) is 4.79. The van der Waals surface area contributed by atoms with E-state index in [9.17, 15) is 18.4 Å². The third kappa shape index (κ3) is 5.62. The lowest BCUT2D eigenvalue weighted by Gasteiger charge is -2.39. The van der Waals surface area contributed by atoms with Gasteiger partial charge in [0.15, 0.2) is 18.9 Å².